The number of nitrogen functional groups attached to an aromatic ring is 1. The molecule has 1 atom stereocenters. The fourth-order valence-electron chi connectivity index (χ4n) is 2.54. The molecule has 2 rings (SSSR count). The minimum Gasteiger partial charge on any atom is -0.465 e. The molecule has 0 aromatic carbocycles. The Labute approximate surface area is 125 Å². The van der Waals surface area contributed by atoms with E-state index >= 15 is 0 Å². The standard InChI is InChI=1S/C15H23N3O3/c1-3-7-21-12-5-4-6-18(10-12)14-13(15(19)20-2)8-11(16)9-17-14/h8-9,12H,3-7,10,16H2,1-2H3. The van der Waals surface area contributed by atoms with E-state index in [1.807, 2.05) is 0 Å². The lowest BCUT2D eigenvalue weighted by atomic mass is 10.1. The van der Waals surface area contributed by atoms with E-state index in [2.05, 4.69) is 16.8 Å². The van der Waals surface area contributed by atoms with Crippen molar-refractivity contribution in [3.63, 3.8) is 0 Å². The summed E-state index contributed by atoms with van der Waals surface area (Å²) in [5, 5.41) is 0. The summed E-state index contributed by atoms with van der Waals surface area (Å²) in [5.74, 6) is 0.210. The summed E-state index contributed by atoms with van der Waals surface area (Å²) in [5.41, 5.74) is 6.59. The molecule has 0 amide bonds. The van der Waals surface area contributed by atoms with Crippen molar-refractivity contribution in [2.45, 2.75) is 32.3 Å². The zero-order valence-electron chi connectivity index (χ0n) is 12.7. The number of anilines is 2. The van der Waals surface area contributed by atoms with Gasteiger partial charge >= 0.3 is 5.97 Å². The van der Waals surface area contributed by atoms with Gasteiger partial charge in [-0.05, 0) is 25.3 Å². The molecular weight excluding hydrogens is 270 g/mol. The molecule has 0 spiro atoms. The van der Waals surface area contributed by atoms with Crippen molar-refractivity contribution in [2.24, 2.45) is 0 Å². The van der Waals surface area contributed by atoms with Crippen LogP contribution in [0.3, 0.4) is 0 Å². The molecule has 0 aliphatic carbocycles. The van der Waals surface area contributed by atoms with E-state index in [1.54, 1.807) is 12.3 Å². The van der Waals surface area contributed by atoms with Gasteiger partial charge in [0.1, 0.15) is 11.4 Å². The van der Waals surface area contributed by atoms with Crippen LogP contribution < -0.4 is 10.6 Å². The second kappa shape index (κ2) is 7.26. The molecule has 1 saturated heterocycles. The number of ether oxygens (including phenoxy) is 2. The van der Waals surface area contributed by atoms with Crippen LogP contribution in [-0.2, 0) is 9.47 Å². The minimum absolute atomic E-state index is 0.184. The second-order valence-electron chi connectivity index (χ2n) is 5.21. The van der Waals surface area contributed by atoms with Gasteiger partial charge < -0.3 is 20.1 Å². The Kier molecular flexibility index (Phi) is 5.38. The normalized spacial score (nSPS) is 18.6. The predicted molar refractivity (Wildman–Crippen MR) is 81.5 cm³/mol. The molecule has 1 aliphatic heterocycles. The third-order valence-electron chi connectivity index (χ3n) is 3.53. The zero-order valence-corrected chi connectivity index (χ0v) is 12.7. The number of rotatable bonds is 5. The van der Waals surface area contributed by atoms with Crippen molar-refractivity contribution >= 4 is 17.5 Å². The molecule has 6 nitrogen and oxygen atoms in total. The molecule has 2 heterocycles. The number of aromatic nitrogens is 1. The Bertz CT molecular complexity index is 493. The highest BCUT2D eigenvalue weighted by Crippen LogP contribution is 2.25. The lowest BCUT2D eigenvalue weighted by Crippen LogP contribution is -2.41. The summed E-state index contributed by atoms with van der Waals surface area (Å²) < 4.78 is 10.6. The molecule has 1 aromatic heterocycles. The smallest absolute Gasteiger partial charge is 0.341 e. The maximum Gasteiger partial charge on any atom is 0.341 e. The van der Waals surface area contributed by atoms with E-state index in [4.69, 9.17) is 15.2 Å². The van der Waals surface area contributed by atoms with Crippen LogP contribution in [0.1, 0.15) is 36.5 Å². The van der Waals surface area contributed by atoms with Gasteiger partial charge in [-0.1, -0.05) is 6.92 Å². The van der Waals surface area contributed by atoms with Gasteiger partial charge in [-0.3, -0.25) is 0 Å². The van der Waals surface area contributed by atoms with Crippen LogP contribution in [0.25, 0.3) is 0 Å². The summed E-state index contributed by atoms with van der Waals surface area (Å²) in [6, 6.07) is 1.62. The van der Waals surface area contributed by atoms with Crippen LogP contribution in [0.4, 0.5) is 11.5 Å². The summed E-state index contributed by atoms with van der Waals surface area (Å²) >= 11 is 0. The third kappa shape index (κ3) is 3.85. The second-order valence-corrected chi connectivity index (χ2v) is 5.21. The zero-order chi connectivity index (χ0) is 15.2. The Morgan fingerprint density at radius 3 is 3.10 bits per heavy atom. The molecule has 1 aromatic rings. The number of hydrogen-bond acceptors (Lipinski definition) is 6. The van der Waals surface area contributed by atoms with Crippen LogP contribution in [0.5, 0.6) is 0 Å². The van der Waals surface area contributed by atoms with E-state index < -0.39 is 5.97 Å². The first-order valence-electron chi connectivity index (χ1n) is 7.36. The maximum absolute atomic E-state index is 11.9. The summed E-state index contributed by atoms with van der Waals surface area (Å²) in [6.45, 7) is 4.45. The molecule has 2 N–H and O–H groups in total. The molecule has 1 unspecified atom stereocenters. The fraction of sp³-hybridized carbons (Fsp3) is 0.600. The molecule has 0 bridgehead atoms. The number of methoxy groups -OCH3 is 1. The first-order chi connectivity index (χ1) is 10.2. The lowest BCUT2D eigenvalue weighted by Gasteiger charge is -2.34. The van der Waals surface area contributed by atoms with Crippen molar-refractivity contribution in [3.05, 3.63) is 17.8 Å². The molecule has 1 aliphatic rings. The van der Waals surface area contributed by atoms with Gasteiger partial charge in [-0.2, -0.15) is 0 Å². The number of pyridine rings is 1. The Morgan fingerprint density at radius 2 is 2.38 bits per heavy atom. The number of carbonyl (C=O) groups excluding carboxylic acids is 1. The SMILES string of the molecule is CCCOC1CCCN(c2ncc(N)cc2C(=O)OC)C1. The van der Waals surface area contributed by atoms with Crippen LogP contribution in [0.2, 0.25) is 0 Å². The fourth-order valence-corrected chi connectivity index (χ4v) is 2.54. The maximum atomic E-state index is 11.9. The van der Waals surface area contributed by atoms with Crippen molar-refractivity contribution in [1.29, 1.82) is 0 Å². The van der Waals surface area contributed by atoms with E-state index in [9.17, 15) is 4.79 Å². The highest BCUT2D eigenvalue weighted by atomic mass is 16.5. The summed E-state index contributed by atoms with van der Waals surface area (Å²) in [7, 11) is 1.36. The molecule has 21 heavy (non-hydrogen) atoms. The number of piperidine rings is 1. The molecule has 1 fully saturated rings. The molecular formula is C15H23N3O3. The largest absolute Gasteiger partial charge is 0.465 e. The Morgan fingerprint density at radius 1 is 1.57 bits per heavy atom. The number of hydrogen-bond donors (Lipinski definition) is 1. The van der Waals surface area contributed by atoms with Gasteiger partial charge in [-0.25, -0.2) is 9.78 Å². The topological polar surface area (TPSA) is 77.7 Å². The van der Waals surface area contributed by atoms with Gasteiger partial charge in [0.05, 0.1) is 25.1 Å². The number of carbonyl (C=O) groups is 1. The highest BCUT2D eigenvalue weighted by Gasteiger charge is 2.25. The number of nitrogens with two attached hydrogens (primary N) is 1. The quantitative estimate of drug-likeness (QED) is 0.835. The monoisotopic (exact) mass is 293 g/mol. The number of esters is 1. The average Bonchev–Trinajstić information content (AvgIpc) is 2.52. The predicted octanol–water partition coefficient (Wildman–Crippen LogP) is 1.85. The van der Waals surface area contributed by atoms with Crippen molar-refractivity contribution < 1.29 is 14.3 Å². The van der Waals surface area contributed by atoms with Gasteiger partial charge in [0.2, 0.25) is 0 Å². The summed E-state index contributed by atoms with van der Waals surface area (Å²) in [6.07, 6.45) is 4.81. The van der Waals surface area contributed by atoms with Gasteiger partial charge in [0, 0.05) is 19.7 Å². The summed E-state index contributed by atoms with van der Waals surface area (Å²) in [4.78, 5) is 18.3. The first-order valence-corrected chi connectivity index (χ1v) is 7.36. The van der Waals surface area contributed by atoms with Gasteiger partial charge in [0.25, 0.3) is 0 Å². The Hall–Kier alpha value is -1.82. The van der Waals surface area contributed by atoms with Crippen LogP contribution in [0.15, 0.2) is 12.3 Å². The van der Waals surface area contributed by atoms with Crippen molar-refractivity contribution in [1.82, 2.24) is 4.98 Å². The highest BCUT2D eigenvalue weighted by molar-refractivity contribution is 5.95. The van der Waals surface area contributed by atoms with Gasteiger partial charge in [0.15, 0.2) is 0 Å². The van der Waals surface area contributed by atoms with E-state index in [1.165, 1.54) is 7.11 Å². The van der Waals surface area contributed by atoms with Crippen molar-refractivity contribution in [3.8, 4) is 0 Å². The number of nitrogens with zero attached hydrogens (tertiary/aromatic N) is 2. The van der Waals surface area contributed by atoms with E-state index in [0.717, 1.165) is 39.0 Å². The Balaban J connectivity index is 2.18. The average molecular weight is 293 g/mol. The van der Waals surface area contributed by atoms with Gasteiger partial charge in [-0.15, -0.1) is 0 Å². The third-order valence-corrected chi connectivity index (χ3v) is 3.53. The van der Waals surface area contributed by atoms with Crippen LogP contribution in [-0.4, -0.2) is 43.9 Å². The van der Waals surface area contributed by atoms with Crippen molar-refractivity contribution in [2.75, 3.05) is 37.4 Å². The van der Waals surface area contributed by atoms with E-state index in [-0.39, 0.29) is 6.10 Å². The lowest BCUT2D eigenvalue weighted by molar-refractivity contribution is 0.0436. The first kappa shape index (κ1) is 15.6. The van der Waals surface area contributed by atoms with E-state index in [0.29, 0.717) is 17.1 Å². The molecule has 0 saturated carbocycles. The molecule has 6 heteroatoms. The van der Waals surface area contributed by atoms with Crippen LogP contribution >= 0.6 is 0 Å². The molecule has 0 radical (unpaired) electrons. The minimum atomic E-state index is -0.415. The molecule has 116 valence electrons. The van der Waals surface area contributed by atoms with Crippen LogP contribution in [0, 0.1) is 0 Å².